The van der Waals surface area contributed by atoms with E-state index >= 15 is 0 Å². The van der Waals surface area contributed by atoms with E-state index in [9.17, 15) is 9.50 Å². The van der Waals surface area contributed by atoms with Gasteiger partial charge in [-0.25, -0.2) is 4.39 Å². The molecule has 0 fully saturated rings. The van der Waals surface area contributed by atoms with Crippen LogP contribution >= 0.6 is 0 Å². The Labute approximate surface area is 111 Å². The Morgan fingerprint density at radius 3 is 2.89 bits per heavy atom. The van der Waals surface area contributed by atoms with Gasteiger partial charge < -0.3 is 9.84 Å². The van der Waals surface area contributed by atoms with Crippen LogP contribution in [0.15, 0.2) is 30.5 Å². The van der Waals surface area contributed by atoms with Crippen LogP contribution in [0.25, 0.3) is 0 Å². The third-order valence-electron chi connectivity index (χ3n) is 2.97. The van der Waals surface area contributed by atoms with Crippen molar-refractivity contribution in [3.05, 3.63) is 47.5 Å². The van der Waals surface area contributed by atoms with Crippen LogP contribution in [0.2, 0.25) is 0 Å². The summed E-state index contributed by atoms with van der Waals surface area (Å²) in [5.41, 5.74) is 0.770. The zero-order chi connectivity index (χ0) is 13.8. The average Bonchev–Trinajstić information content (AvgIpc) is 2.87. The average molecular weight is 264 g/mol. The Hall–Kier alpha value is -1.88. The number of benzene rings is 1. The predicted octanol–water partition coefficient (Wildman–Crippen LogP) is 2.52. The fourth-order valence-electron chi connectivity index (χ4n) is 2.03. The van der Waals surface area contributed by atoms with Crippen LogP contribution < -0.4 is 4.74 Å². The molecule has 1 N–H and O–H groups in total. The molecule has 102 valence electrons. The molecule has 5 heteroatoms. The summed E-state index contributed by atoms with van der Waals surface area (Å²) in [7, 11) is 1.40. The van der Waals surface area contributed by atoms with Gasteiger partial charge in [-0.3, -0.25) is 4.68 Å². The number of ether oxygens (including phenoxy) is 1. The first-order chi connectivity index (χ1) is 9.19. The monoisotopic (exact) mass is 264 g/mol. The summed E-state index contributed by atoms with van der Waals surface area (Å²) in [6.45, 7) is 2.70. The van der Waals surface area contributed by atoms with Crippen LogP contribution in [0.5, 0.6) is 5.75 Å². The highest BCUT2D eigenvalue weighted by Gasteiger charge is 2.20. The summed E-state index contributed by atoms with van der Waals surface area (Å²) in [6.07, 6.45) is 1.44. The molecule has 0 bridgehead atoms. The zero-order valence-corrected chi connectivity index (χ0v) is 11.0. The number of aryl methyl sites for hydroxylation is 1. The van der Waals surface area contributed by atoms with Crippen molar-refractivity contribution >= 4 is 0 Å². The molecule has 19 heavy (non-hydrogen) atoms. The van der Waals surface area contributed by atoms with E-state index < -0.39 is 11.9 Å². The number of rotatable bonds is 5. The van der Waals surface area contributed by atoms with Gasteiger partial charge in [-0.05, 0) is 18.6 Å². The quantitative estimate of drug-likeness (QED) is 0.902. The van der Waals surface area contributed by atoms with Gasteiger partial charge >= 0.3 is 0 Å². The minimum absolute atomic E-state index is 0.123. The van der Waals surface area contributed by atoms with E-state index in [2.05, 4.69) is 5.10 Å². The van der Waals surface area contributed by atoms with Gasteiger partial charge in [0, 0.05) is 18.3 Å². The second-order valence-electron chi connectivity index (χ2n) is 4.25. The van der Waals surface area contributed by atoms with Gasteiger partial charge in [-0.1, -0.05) is 19.1 Å². The first-order valence-corrected chi connectivity index (χ1v) is 6.21. The van der Waals surface area contributed by atoms with Crippen molar-refractivity contribution in [2.75, 3.05) is 7.11 Å². The topological polar surface area (TPSA) is 47.3 Å². The molecule has 0 aliphatic heterocycles. The van der Waals surface area contributed by atoms with E-state index in [4.69, 9.17) is 4.74 Å². The maximum absolute atomic E-state index is 14.1. The SMILES string of the molecule is CCCn1nccc1C(O)c1cccc(OC)c1F. The van der Waals surface area contributed by atoms with Crippen molar-refractivity contribution in [1.82, 2.24) is 9.78 Å². The zero-order valence-electron chi connectivity index (χ0n) is 11.0. The fraction of sp³-hybridized carbons (Fsp3) is 0.357. The molecule has 2 aromatic rings. The van der Waals surface area contributed by atoms with Gasteiger partial charge in [0.05, 0.1) is 12.8 Å². The number of aliphatic hydroxyl groups is 1. The Kier molecular flexibility index (Phi) is 4.16. The summed E-state index contributed by atoms with van der Waals surface area (Å²) < 4.78 is 20.7. The predicted molar refractivity (Wildman–Crippen MR) is 69.5 cm³/mol. The number of aliphatic hydroxyl groups excluding tert-OH is 1. The number of nitrogens with zero attached hydrogens (tertiary/aromatic N) is 2. The molecule has 0 aliphatic rings. The molecule has 1 aromatic carbocycles. The molecule has 1 atom stereocenters. The minimum Gasteiger partial charge on any atom is -0.494 e. The lowest BCUT2D eigenvalue weighted by Gasteiger charge is -2.15. The molecule has 0 radical (unpaired) electrons. The molecule has 2 rings (SSSR count). The lowest BCUT2D eigenvalue weighted by atomic mass is 10.1. The summed E-state index contributed by atoms with van der Waals surface area (Å²) in [5.74, 6) is -0.417. The highest BCUT2D eigenvalue weighted by atomic mass is 19.1. The van der Waals surface area contributed by atoms with Crippen molar-refractivity contribution < 1.29 is 14.2 Å². The smallest absolute Gasteiger partial charge is 0.171 e. The van der Waals surface area contributed by atoms with Gasteiger partial charge in [-0.15, -0.1) is 0 Å². The molecular weight excluding hydrogens is 247 g/mol. The molecule has 1 heterocycles. The molecule has 1 aromatic heterocycles. The third-order valence-corrected chi connectivity index (χ3v) is 2.97. The Morgan fingerprint density at radius 2 is 2.21 bits per heavy atom. The number of hydrogen-bond acceptors (Lipinski definition) is 3. The van der Waals surface area contributed by atoms with Gasteiger partial charge in [0.15, 0.2) is 11.6 Å². The second kappa shape index (κ2) is 5.84. The van der Waals surface area contributed by atoms with Crippen LogP contribution in [0.3, 0.4) is 0 Å². The van der Waals surface area contributed by atoms with Crippen molar-refractivity contribution in [2.45, 2.75) is 26.0 Å². The van der Waals surface area contributed by atoms with Crippen molar-refractivity contribution in [1.29, 1.82) is 0 Å². The summed E-state index contributed by atoms with van der Waals surface area (Å²) in [5, 5.41) is 14.5. The molecule has 0 saturated carbocycles. The van der Waals surface area contributed by atoms with Gasteiger partial charge in [0.2, 0.25) is 0 Å². The normalized spacial score (nSPS) is 12.4. The third kappa shape index (κ3) is 2.61. The highest BCUT2D eigenvalue weighted by molar-refractivity contribution is 5.35. The van der Waals surface area contributed by atoms with E-state index in [1.165, 1.54) is 13.2 Å². The van der Waals surface area contributed by atoms with E-state index in [1.54, 1.807) is 29.1 Å². The summed E-state index contributed by atoms with van der Waals surface area (Å²) in [6, 6.07) is 6.42. The lowest BCUT2D eigenvalue weighted by Crippen LogP contribution is -2.11. The number of hydrogen-bond donors (Lipinski definition) is 1. The molecule has 0 saturated heterocycles. The van der Waals surface area contributed by atoms with E-state index in [-0.39, 0.29) is 11.3 Å². The standard InChI is InChI=1S/C14H17FN2O2/c1-3-9-17-11(7-8-16-17)14(18)10-5-4-6-12(19-2)13(10)15/h4-8,14,18H,3,9H2,1-2H3. The van der Waals surface area contributed by atoms with Crippen molar-refractivity contribution in [3.63, 3.8) is 0 Å². The maximum Gasteiger partial charge on any atom is 0.171 e. The van der Waals surface area contributed by atoms with Crippen LogP contribution in [0.4, 0.5) is 4.39 Å². The largest absolute Gasteiger partial charge is 0.494 e. The summed E-state index contributed by atoms with van der Waals surface area (Å²) in [4.78, 5) is 0. The molecule has 1 unspecified atom stereocenters. The molecule has 0 aliphatic carbocycles. The fourth-order valence-corrected chi connectivity index (χ4v) is 2.03. The molecular formula is C14H17FN2O2. The van der Waals surface area contributed by atoms with E-state index in [0.29, 0.717) is 12.2 Å². The maximum atomic E-state index is 14.1. The number of methoxy groups -OCH3 is 1. The minimum atomic E-state index is -1.05. The van der Waals surface area contributed by atoms with Crippen LogP contribution in [0.1, 0.15) is 30.7 Å². The number of halogens is 1. The first-order valence-electron chi connectivity index (χ1n) is 6.21. The lowest BCUT2D eigenvalue weighted by molar-refractivity contribution is 0.201. The Balaban J connectivity index is 2.38. The Bertz CT molecular complexity index is 554. The van der Waals surface area contributed by atoms with Gasteiger partial charge in [0.25, 0.3) is 0 Å². The van der Waals surface area contributed by atoms with Gasteiger partial charge in [0.1, 0.15) is 6.10 Å². The highest BCUT2D eigenvalue weighted by Crippen LogP contribution is 2.29. The molecule has 4 nitrogen and oxygen atoms in total. The van der Waals surface area contributed by atoms with Crippen LogP contribution in [-0.4, -0.2) is 22.0 Å². The van der Waals surface area contributed by atoms with E-state index in [1.807, 2.05) is 6.92 Å². The van der Waals surface area contributed by atoms with E-state index in [0.717, 1.165) is 6.42 Å². The summed E-state index contributed by atoms with van der Waals surface area (Å²) >= 11 is 0. The first kappa shape index (κ1) is 13.5. The number of aromatic nitrogens is 2. The molecule has 0 spiro atoms. The molecule has 0 amide bonds. The van der Waals surface area contributed by atoms with Crippen molar-refractivity contribution in [2.24, 2.45) is 0 Å². The Morgan fingerprint density at radius 1 is 1.42 bits per heavy atom. The van der Waals surface area contributed by atoms with Crippen LogP contribution in [0, 0.1) is 5.82 Å². The second-order valence-corrected chi connectivity index (χ2v) is 4.25. The van der Waals surface area contributed by atoms with Crippen molar-refractivity contribution in [3.8, 4) is 5.75 Å². The van der Waals surface area contributed by atoms with Crippen LogP contribution in [-0.2, 0) is 6.54 Å². The van der Waals surface area contributed by atoms with Gasteiger partial charge in [-0.2, -0.15) is 5.10 Å².